The van der Waals surface area contributed by atoms with Crippen molar-refractivity contribution in [2.45, 2.75) is 0 Å². The summed E-state index contributed by atoms with van der Waals surface area (Å²) in [5, 5.41) is 9.33. The van der Waals surface area contributed by atoms with Gasteiger partial charge in [-0.05, 0) is 109 Å². The molecule has 68 heavy (non-hydrogen) atoms. The van der Waals surface area contributed by atoms with Crippen molar-refractivity contribution < 1.29 is 22.0 Å². The SMILES string of the molecule is Fc1c(F)c(F)c([Si](c2ccccc2P(CCP(c2ccccc2)c2ccccc2)c2ccccc2)c2ccccc2P(CCP(c2ccccc2)c2ccccc2)c2ccccc2)c(F)c1F. The molecule has 0 heterocycles. The van der Waals surface area contributed by atoms with Crippen LogP contribution in [0.1, 0.15) is 0 Å². The van der Waals surface area contributed by atoms with Crippen molar-refractivity contribution in [3.8, 4) is 0 Å². The molecular weight excluding hydrogens is 944 g/mol. The van der Waals surface area contributed by atoms with Crippen LogP contribution in [-0.2, 0) is 0 Å². The van der Waals surface area contributed by atoms with E-state index in [1.807, 2.05) is 109 Å². The zero-order valence-corrected chi connectivity index (χ0v) is 41.5. The van der Waals surface area contributed by atoms with E-state index in [0.29, 0.717) is 10.4 Å². The molecule has 0 aromatic heterocycles. The Labute approximate surface area is 402 Å². The maximum atomic E-state index is 16.9. The maximum Gasteiger partial charge on any atom is 0.200 e. The Morgan fingerprint density at radius 1 is 0.250 bits per heavy atom. The highest BCUT2D eigenvalue weighted by Crippen LogP contribution is 2.43. The van der Waals surface area contributed by atoms with Crippen LogP contribution in [0.4, 0.5) is 22.0 Å². The van der Waals surface area contributed by atoms with Crippen LogP contribution in [0.3, 0.4) is 0 Å². The van der Waals surface area contributed by atoms with Gasteiger partial charge in [0.15, 0.2) is 32.1 Å². The fourth-order valence-corrected chi connectivity index (χ4v) is 23.7. The molecule has 10 heteroatoms. The zero-order chi connectivity index (χ0) is 46.8. The summed E-state index contributed by atoms with van der Waals surface area (Å²) in [7, 11) is -7.09. The first-order chi connectivity index (χ1) is 33.4. The minimum Gasteiger partial charge on any atom is -0.204 e. The van der Waals surface area contributed by atoms with E-state index >= 15 is 22.0 Å². The van der Waals surface area contributed by atoms with Gasteiger partial charge in [-0.2, -0.15) is 0 Å². The summed E-state index contributed by atoms with van der Waals surface area (Å²) < 4.78 is 80.5. The van der Waals surface area contributed by atoms with Crippen molar-refractivity contribution in [1.29, 1.82) is 0 Å². The van der Waals surface area contributed by atoms with Gasteiger partial charge < -0.3 is 0 Å². The van der Waals surface area contributed by atoms with Gasteiger partial charge in [-0.25, -0.2) is 22.0 Å². The molecule has 0 aliphatic carbocycles. The third-order valence-electron chi connectivity index (χ3n) is 11.9. The third kappa shape index (κ3) is 10.6. The molecule has 2 atom stereocenters. The summed E-state index contributed by atoms with van der Waals surface area (Å²) in [6, 6.07) is 77.7. The van der Waals surface area contributed by atoms with Crippen molar-refractivity contribution in [2.24, 2.45) is 0 Å². The Morgan fingerprint density at radius 3 is 0.765 bits per heavy atom. The second-order valence-electron chi connectivity index (χ2n) is 16.0. The van der Waals surface area contributed by atoms with E-state index in [4.69, 9.17) is 0 Å². The van der Waals surface area contributed by atoms with E-state index < -0.39 is 74.8 Å². The van der Waals surface area contributed by atoms with Crippen molar-refractivity contribution >= 4 is 98.5 Å². The van der Waals surface area contributed by atoms with Gasteiger partial charge in [0, 0.05) is 5.19 Å². The number of hydrogen-bond donors (Lipinski definition) is 0. The molecule has 0 aliphatic rings. The van der Waals surface area contributed by atoms with Crippen molar-refractivity contribution in [3.63, 3.8) is 0 Å². The Kier molecular flexibility index (Phi) is 16.0. The quantitative estimate of drug-likeness (QED) is 0.0213. The molecule has 0 saturated heterocycles. The molecule has 0 amide bonds. The molecule has 0 nitrogen and oxygen atoms in total. The molecule has 9 rings (SSSR count). The summed E-state index contributed by atoms with van der Waals surface area (Å²) >= 11 is 0. The fourth-order valence-electron chi connectivity index (χ4n) is 8.72. The molecule has 2 unspecified atom stereocenters. The van der Waals surface area contributed by atoms with Crippen LogP contribution >= 0.6 is 31.7 Å². The highest BCUT2D eigenvalue weighted by atomic mass is 31.1. The molecule has 9 aromatic carbocycles. The normalized spacial score (nSPS) is 12.4. The van der Waals surface area contributed by atoms with Gasteiger partial charge in [-0.1, -0.05) is 231 Å². The van der Waals surface area contributed by atoms with Gasteiger partial charge in [-0.15, -0.1) is 0 Å². The lowest BCUT2D eigenvalue weighted by Gasteiger charge is -2.31. The zero-order valence-electron chi connectivity index (χ0n) is 36.9. The van der Waals surface area contributed by atoms with E-state index in [-0.39, 0.29) is 0 Å². The largest absolute Gasteiger partial charge is 0.204 e. The summed E-state index contributed by atoms with van der Waals surface area (Å²) in [4.78, 5) is 0. The van der Waals surface area contributed by atoms with Crippen LogP contribution in [0.5, 0.6) is 0 Å². The van der Waals surface area contributed by atoms with Gasteiger partial charge in [-0.3, -0.25) is 0 Å². The van der Waals surface area contributed by atoms with Crippen LogP contribution in [0.15, 0.2) is 231 Å². The Morgan fingerprint density at radius 2 is 0.471 bits per heavy atom. The van der Waals surface area contributed by atoms with Crippen molar-refractivity contribution in [1.82, 2.24) is 0 Å². The van der Waals surface area contributed by atoms with Crippen molar-refractivity contribution in [3.05, 3.63) is 260 Å². The van der Waals surface area contributed by atoms with Crippen LogP contribution in [0.2, 0.25) is 0 Å². The van der Waals surface area contributed by atoms with Gasteiger partial charge in [0.05, 0.1) is 0 Å². The maximum absolute atomic E-state index is 16.9. The number of hydrogen-bond acceptors (Lipinski definition) is 0. The lowest BCUT2D eigenvalue weighted by molar-refractivity contribution is 0.384. The molecule has 0 spiro atoms. The molecule has 9 aromatic rings. The molecular formula is C58H46F5P4Si. The lowest BCUT2D eigenvalue weighted by Crippen LogP contribution is -2.62. The highest BCUT2D eigenvalue weighted by molar-refractivity contribution is 7.78. The van der Waals surface area contributed by atoms with Crippen LogP contribution in [0, 0.1) is 29.1 Å². The molecule has 1 radical (unpaired) electrons. The fraction of sp³-hybridized carbons (Fsp3) is 0.0690. The minimum atomic E-state index is -3.00. The second kappa shape index (κ2) is 22.8. The predicted molar refractivity (Wildman–Crippen MR) is 287 cm³/mol. The van der Waals surface area contributed by atoms with E-state index in [9.17, 15) is 0 Å². The summed E-state index contributed by atoms with van der Waals surface area (Å²) in [6.45, 7) is 0. The van der Waals surface area contributed by atoms with Crippen LogP contribution < -0.4 is 58.0 Å². The van der Waals surface area contributed by atoms with E-state index in [1.165, 1.54) is 21.2 Å². The monoisotopic (exact) mass is 989 g/mol. The first-order valence-corrected chi connectivity index (χ1v) is 30.0. The molecule has 0 saturated carbocycles. The predicted octanol–water partition coefficient (Wildman–Crippen LogP) is 10.0. The Bertz CT molecular complexity index is 2760. The van der Waals surface area contributed by atoms with Gasteiger partial charge >= 0.3 is 0 Å². The van der Waals surface area contributed by atoms with Gasteiger partial charge in [0.1, 0.15) is 0 Å². The lowest BCUT2D eigenvalue weighted by atomic mass is 10.3. The number of halogens is 5. The Balaban J connectivity index is 1.23. The average Bonchev–Trinajstić information content (AvgIpc) is 3.41. The summed E-state index contributed by atoms with van der Waals surface area (Å²) in [5.41, 5.74) is 0. The second-order valence-corrected chi connectivity index (χ2v) is 27.6. The molecule has 0 aliphatic heterocycles. The first-order valence-electron chi connectivity index (χ1n) is 22.4. The molecule has 0 fully saturated rings. The summed E-state index contributed by atoms with van der Waals surface area (Å²) in [5.74, 6) is -9.57. The molecule has 337 valence electrons. The smallest absolute Gasteiger partial charge is 0.200 e. The van der Waals surface area contributed by atoms with Crippen LogP contribution in [-0.4, -0.2) is 33.4 Å². The number of benzene rings is 9. The molecule has 0 N–H and O–H groups in total. The topological polar surface area (TPSA) is 0 Å². The minimum absolute atomic E-state index is 0.616. The van der Waals surface area contributed by atoms with Gasteiger partial charge in [0.2, 0.25) is 5.82 Å². The highest BCUT2D eigenvalue weighted by Gasteiger charge is 2.38. The number of rotatable bonds is 17. The van der Waals surface area contributed by atoms with Gasteiger partial charge in [0.25, 0.3) is 0 Å². The average molecular weight is 990 g/mol. The summed E-state index contributed by atoms with van der Waals surface area (Å²) in [6.07, 6.45) is 3.06. The Hall–Kier alpha value is -5.43. The van der Waals surface area contributed by atoms with E-state index in [1.54, 1.807) is 0 Å². The standard InChI is InChI=1S/C58H46F5P4Si/c59-53-54(60)56(62)58(57(63)55(53)61)68(51-37-21-19-35-49(51)66(47-31-15-5-16-32-47)41-39-64(43-23-7-1-8-24-43)44-25-9-2-10-26-44)52-38-22-20-36-50(52)67(48-33-17-6-18-34-48)42-40-65(45-27-11-3-12-28-45)46-29-13-4-14-30-46/h1-38H,39-42H2. The first kappa shape index (κ1) is 47.6. The molecule has 0 bridgehead atoms. The third-order valence-corrected chi connectivity index (χ3v) is 26.1. The van der Waals surface area contributed by atoms with Crippen molar-refractivity contribution in [2.75, 3.05) is 24.6 Å². The van der Waals surface area contributed by atoms with Crippen LogP contribution in [0.25, 0.3) is 0 Å². The van der Waals surface area contributed by atoms with E-state index in [2.05, 4.69) is 121 Å². The van der Waals surface area contributed by atoms with E-state index in [0.717, 1.165) is 45.9 Å².